The van der Waals surface area contributed by atoms with Crippen molar-refractivity contribution < 1.29 is 39.9 Å². The zero-order chi connectivity index (χ0) is 23.4. The van der Waals surface area contributed by atoms with Gasteiger partial charge in [0, 0.05) is 0 Å². The van der Waals surface area contributed by atoms with E-state index in [9.17, 15) is 14.4 Å². The van der Waals surface area contributed by atoms with Crippen molar-refractivity contribution in [3.05, 3.63) is 0 Å². The Labute approximate surface area is 166 Å². The minimum atomic E-state index is -0.968. The van der Waals surface area contributed by atoms with E-state index in [0.717, 1.165) is 0 Å². The molecular formula is C17H39N3O8. The molecule has 0 saturated carbocycles. The number of hydrogen-bond donors (Lipinski definition) is 8. The lowest BCUT2D eigenvalue weighted by Gasteiger charge is -2.07. The van der Waals surface area contributed by atoms with Crippen molar-refractivity contribution in [3.63, 3.8) is 0 Å². The molecule has 0 aromatic carbocycles. The van der Waals surface area contributed by atoms with E-state index < -0.39 is 36.1 Å². The zero-order valence-corrected chi connectivity index (χ0v) is 17.4. The average molecular weight is 414 g/mol. The summed E-state index contributed by atoms with van der Waals surface area (Å²) in [7, 11) is 0. The Bertz CT molecular complexity index is 378. The van der Waals surface area contributed by atoms with Gasteiger partial charge >= 0.3 is 17.9 Å². The minimum absolute atomic E-state index is 0.139. The molecule has 0 aliphatic rings. The van der Waals surface area contributed by atoms with Gasteiger partial charge in [-0.2, -0.15) is 0 Å². The number of aliphatic hydroxyl groups is 2. The molecule has 0 saturated heterocycles. The fraction of sp³-hybridized carbons (Fsp3) is 0.824. The second-order valence-corrected chi connectivity index (χ2v) is 6.78. The Morgan fingerprint density at radius 2 is 1.00 bits per heavy atom. The van der Waals surface area contributed by atoms with E-state index in [1.807, 2.05) is 27.7 Å². The topological polar surface area (TPSA) is 230 Å². The van der Waals surface area contributed by atoms with Crippen LogP contribution in [0.2, 0.25) is 0 Å². The van der Waals surface area contributed by atoms with Gasteiger partial charge in [0.05, 0.1) is 19.3 Å². The molecule has 0 fully saturated rings. The molecule has 11 nitrogen and oxygen atoms in total. The Balaban J connectivity index is -0.000000143. The average Bonchev–Trinajstić information content (AvgIpc) is 2.55. The molecule has 28 heavy (non-hydrogen) atoms. The molecule has 0 aliphatic carbocycles. The van der Waals surface area contributed by atoms with E-state index in [1.54, 1.807) is 0 Å². The highest BCUT2D eigenvalue weighted by atomic mass is 16.4. The van der Waals surface area contributed by atoms with Crippen LogP contribution in [0.1, 0.15) is 47.5 Å². The summed E-state index contributed by atoms with van der Waals surface area (Å²) in [5.41, 5.74) is 15.0. The van der Waals surface area contributed by atoms with Crippen LogP contribution in [0.4, 0.5) is 0 Å². The van der Waals surface area contributed by atoms with E-state index in [2.05, 4.69) is 5.73 Å². The highest BCUT2D eigenvalue weighted by molar-refractivity contribution is 5.73. The van der Waals surface area contributed by atoms with Crippen LogP contribution in [0.25, 0.3) is 0 Å². The summed E-state index contributed by atoms with van der Waals surface area (Å²) < 4.78 is 0. The van der Waals surface area contributed by atoms with Gasteiger partial charge in [-0.25, -0.2) is 0 Å². The molecule has 0 aromatic rings. The number of carbonyl (C=O) groups is 3. The second kappa shape index (κ2) is 21.5. The lowest BCUT2D eigenvalue weighted by atomic mass is 10.1. The van der Waals surface area contributed by atoms with Gasteiger partial charge in [0.25, 0.3) is 0 Å². The third kappa shape index (κ3) is 39.3. The van der Waals surface area contributed by atoms with Crippen LogP contribution in [0.5, 0.6) is 0 Å². The van der Waals surface area contributed by atoms with Crippen LogP contribution in [-0.4, -0.2) is 74.8 Å². The SMILES string of the molecule is CC(C)C[C@H](N)C(=O)O.CC(C)C[C@H](N)C(=O)O.CC(O)CO.NCC(=O)O. The van der Waals surface area contributed by atoms with E-state index in [4.69, 9.17) is 37.0 Å². The Morgan fingerprint density at radius 1 is 0.786 bits per heavy atom. The summed E-state index contributed by atoms with van der Waals surface area (Å²) in [6, 6.07) is -1.38. The first kappa shape index (κ1) is 33.8. The number of aliphatic carboxylic acids is 3. The fourth-order valence-electron chi connectivity index (χ4n) is 1.22. The van der Waals surface area contributed by atoms with Crippen molar-refractivity contribution in [2.45, 2.75) is 65.6 Å². The van der Waals surface area contributed by atoms with Crippen LogP contribution in [0, 0.1) is 11.8 Å². The Hall–Kier alpha value is -1.79. The van der Waals surface area contributed by atoms with Crippen LogP contribution < -0.4 is 17.2 Å². The van der Waals surface area contributed by atoms with Crippen LogP contribution in [-0.2, 0) is 14.4 Å². The van der Waals surface area contributed by atoms with Gasteiger partial charge in [0.15, 0.2) is 0 Å². The molecule has 0 aliphatic heterocycles. The van der Waals surface area contributed by atoms with Crippen molar-refractivity contribution in [2.75, 3.05) is 13.2 Å². The number of nitrogens with two attached hydrogens (primary N) is 3. The quantitative estimate of drug-likeness (QED) is 0.247. The summed E-state index contributed by atoms with van der Waals surface area (Å²) in [5.74, 6) is -2.08. The van der Waals surface area contributed by atoms with E-state index in [1.165, 1.54) is 6.92 Å². The largest absolute Gasteiger partial charge is 0.480 e. The molecule has 0 amide bonds. The van der Waals surface area contributed by atoms with E-state index in [-0.39, 0.29) is 13.2 Å². The smallest absolute Gasteiger partial charge is 0.320 e. The van der Waals surface area contributed by atoms with Crippen molar-refractivity contribution in [2.24, 2.45) is 29.0 Å². The molecule has 0 aromatic heterocycles. The van der Waals surface area contributed by atoms with Crippen molar-refractivity contribution in [1.29, 1.82) is 0 Å². The maximum atomic E-state index is 10.1. The number of carboxylic acids is 3. The molecule has 0 rings (SSSR count). The first-order chi connectivity index (χ1) is 12.6. The van der Waals surface area contributed by atoms with Gasteiger partial charge < -0.3 is 42.7 Å². The summed E-state index contributed by atoms with van der Waals surface area (Å²) in [5, 5.41) is 40.2. The van der Waals surface area contributed by atoms with Gasteiger partial charge in [0.1, 0.15) is 12.1 Å². The fourth-order valence-corrected chi connectivity index (χ4v) is 1.22. The summed E-state index contributed by atoms with van der Waals surface area (Å²) in [6.45, 7) is 8.90. The Kier molecular flexibility index (Phi) is 25.9. The highest BCUT2D eigenvalue weighted by Crippen LogP contribution is 2.02. The van der Waals surface area contributed by atoms with Gasteiger partial charge in [-0.3, -0.25) is 14.4 Å². The van der Waals surface area contributed by atoms with Crippen LogP contribution in [0.3, 0.4) is 0 Å². The van der Waals surface area contributed by atoms with Crippen LogP contribution in [0.15, 0.2) is 0 Å². The number of aliphatic hydroxyl groups excluding tert-OH is 2. The molecule has 0 spiro atoms. The van der Waals surface area contributed by atoms with Gasteiger partial charge in [0.2, 0.25) is 0 Å². The standard InChI is InChI=1S/2C6H13NO2.C3H8O2.C2H5NO2/c2*1-4(2)3-5(7)6(8)9;1-3(5)2-4;3-1-2(4)5/h2*4-5H,3,7H2,1-2H3,(H,8,9);3-5H,2H2,1H3;1,3H2,(H,4,5)/t2*5-;;/m00../s1. The predicted octanol–water partition coefficient (Wildman–Crippen LogP) is -0.722. The van der Waals surface area contributed by atoms with E-state index >= 15 is 0 Å². The third-order valence-electron chi connectivity index (χ3n) is 2.52. The maximum absolute atomic E-state index is 10.1. The molecule has 3 atom stereocenters. The molecule has 1 unspecified atom stereocenters. The molecule has 11 N–H and O–H groups in total. The summed E-state index contributed by atoms with van der Waals surface area (Å²) in [6.07, 6.45) is 0.542. The summed E-state index contributed by atoms with van der Waals surface area (Å²) in [4.78, 5) is 29.5. The first-order valence-corrected chi connectivity index (χ1v) is 8.79. The lowest BCUT2D eigenvalue weighted by Crippen LogP contribution is -2.31. The molecule has 170 valence electrons. The monoisotopic (exact) mass is 413 g/mol. The maximum Gasteiger partial charge on any atom is 0.320 e. The first-order valence-electron chi connectivity index (χ1n) is 8.79. The highest BCUT2D eigenvalue weighted by Gasteiger charge is 2.12. The number of carboxylic acid groups (broad SMARTS) is 3. The molecule has 11 heteroatoms. The molecule has 0 bridgehead atoms. The normalized spacial score (nSPS) is 12.9. The number of rotatable bonds is 8. The molecular weight excluding hydrogens is 374 g/mol. The lowest BCUT2D eigenvalue weighted by molar-refractivity contribution is -0.139. The summed E-state index contributed by atoms with van der Waals surface area (Å²) >= 11 is 0. The van der Waals surface area contributed by atoms with Gasteiger partial charge in [-0.15, -0.1) is 0 Å². The van der Waals surface area contributed by atoms with Gasteiger partial charge in [-0.05, 0) is 31.6 Å². The number of hydrogen-bond acceptors (Lipinski definition) is 8. The molecule has 0 heterocycles. The van der Waals surface area contributed by atoms with Crippen molar-refractivity contribution >= 4 is 17.9 Å². The third-order valence-corrected chi connectivity index (χ3v) is 2.52. The van der Waals surface area contributed by atoms with Crippen molar-refractivity contribution in [1.82, 2.24) is 0 Å². The van der Waals surface area contributed by atoms with E-state index in [0.29, 0.717) is 24.7 Å². The minimum Gasteiger partial charge on any atom is -0.480 e. The zero-order valence-electron chi connectivity index (χ0n) is 17.4. The van der Waals surface area contributed by atoms with Crippen molar-refractivity contribution in [3.8, 4) is 0 Å². The predicted molar refractivity (Wildman–Crippen MR) is 106 cm³/mol. The second-order valence-electron chi connectivity index (χ2n) is 6.78. The Morgan fingerprint density at radius 3 is 1.04 bits per heavy atom. The van der Waals surface area contributed by atoms with Crippen LogP contribution >= 0.6 is 0 Å². The van der Waals surface area contributed by atoms with Gasteiger partial charge in [-0.1, -0.05) is 27.7 Å². The molecule has 0 radical (unpaired) electrons.